The zero-order chi connectivity index (χ0) is 17.0. The van der Waals surface area contributed by atoms with Crippen molar-refractivity contribution in [2.24, 2.45) is 5.41 Å². The number of hydrogen-bond acceptors (Lipinski definition) is 5. The fourth-order valence-corrected chi connectivity index (χ4v) is 3.83. The van der Waals surface area contributed by atoms with Crippen molar-refractivity contribution >= 4 is 11.3 Å². The van der Waals surface area contributed by atoms with Crippen molar-refractivity contribution in [2.45, 2.75) is 53.1 Å². The van der Waals surface area contributed by atoms with Crippen molar-refractivity contribution in [3.63, 3.8) is 0 Å². The lowest BCUT2D eigenvalue weighted by molar-refractivity contribution is 0.190. The molecule has 0 amide bonds. The van der Waals surface area contributed by atoms with E-state index in [1.54, 1.807) is 17.5 Å². The van der Waals surface area contributed by atoms with Crippen LogP contribution in [0.2, 0.25) is 0 Å². The lowest BCUT2D eigenvalue weighted by Crippen LogP contribution is -2.37. The third-order valence-electron chi connectivity index (χ3n) is 3.70. The predicted molar refractivity (Wildman–Crippen MR) is 96.6 cm³/mol. The van der Waals surface area contributed by atoms with E-state index in [-0.39, 0.29) is 24.1 Å². The van der Waals surface area contributed by atoms with Crippen molar-refractivity contribution < 1.29 is 5.11 Å². The number of aryl methyl sites for hydroxylation is 1. The average Bonchev–Trinajstić information content (AvgIpc) is 2.88. The number of aliphatic hydroxyl groups excluding tert-OH is 1. The molecule has 0 spiro atoms. The standard InChI is InChI=1S/C18H27N3OS/c1-12(20-15(11-22)9-18(3,4)5)16-13(2)21-17(23-16)14-7-6-8-19-10-14/h6-8,10,12,15,20,22H,9,11H2,1-5H3. The number of aliphatic hydroxyl groups is 1. The van der Waals surface area contributed by atoms with Crippen molar-refractivity contribution in [2.75, 3.05) is 6.61 Å². The van der Waals surface area contributed by atoms with Gasteiger partial charge in [-0.1, -0.05) is 20.8 Å². The van der Waals surface area contributed by atoms with Crippen LogP contribution in [0.25, 0.3) is 10.6 Å². The molecule has 0 radical (unpaired) electrons. The summed E-state index contributed by atoms with van der Waals surface area (Å²) in [6, 6.07) is 4.22. The van der Waals surface area contributed by atoms with Gasteiger partial charge in [0.25, 0.3) is 0 Å². The molecule has 4 nitrogen and oxygen atoms in total. The normalized spacial score (nSPS) is 14.7. The van der Waals surface area contributed by atoms with Crippen LogP contribution in [0, 0.1) is 12.3 Å². The number of aromatic nitrogens is 2. The Morgan fingerprint density at radius 1 is 1.35 bits per heavy atom. The maximum absolute atomic E-state index is 9.65. The second-order valence-corrected chi connectivity index (χ2v) is 8.27. The number of nitrogens with one attached hydrogen (secondary N) is 1. The summed E-state index contributed by atoms with van der Waals surface area (Å²) in [5, 5.41) is 14.2. The molecule has 0 saturated heterocycles. The van der Waals surface area contributed by atoms with Crippen LogP contribution in [-0.2, 0) is 0 Å². The molecule has 0 fully saturated rings. The number of pyridine rings is 1. The van der Waals surface area contributed by atoms with Crippen LogP contribution >= 0.6 is 11.3 Å². The van der Waals surface area contributed by atoms with E-state index in [1.165, 1.54) is 4.88 Å². The zero-order valence-corrected chi connectivity index (χ0v) is 15.4. The number of hydrogen-bond donors (Lipinski definition) is 2. The quantitative estimate of drug-likeness (QED) is 0.840. The Kier molecular flexibility index (Phi) is 5.89. The second kappa shape index (κ2) is 7.51. The van der Waals surface area contributed by atoms with E-state index >= 15 is 0 Å². The molecular weight excluding hydrogens is 306 g/mol. The monoisotopic (exact) mass is 333 g/mol. The lowest BCUT2D eigenvalue weighted by Gasteiger charge is -2.28. The van der Waals surface area contributed by atoms with Crippen molar-refractivity contribution in [1.29, 1.82) is 0 Å². The molecule has 2 heterocycles. The molecule has 126 valence electrons. The molecule has 5 heteroatoms. The summed E-state index contributed by atoms with van der Waals surface area (Å²) in [4.78, 5) is 10.1. The molecule has 0 aliphatic heterocycles. The van der Waals surface area contributed by atoms with Crippen LogP contribution in [0.1, 0.15) is 50.7 Å². The Balaban J connectivity index is 2.13. The third-order valence-corrected chi connectivity index (χ3v) is 5.09. The van der Waals surface area contributed by atoms with Crippen molar-refractivity contribution in [3.05, 3.63) is 35.1 Å². The topological polar surface area (TPSA) is 58.0 Å². The van der Waals surface area contributed by atoms with Gasteiger partial charge in [-0.25, -0.2) is 4.98 Å². The largest absolute Gasteiger partial charge is 0.395 e. The van der Waals surface area contributed by atoms with Crippen LogP contribution in [0.4, 0.5) is 0 Å². The van der Waals surface area contributed by atoms with E-state index in [0.29, 0.717) is 0 Å². The molecule has 0 aliphatic rings. The fourth-order valence-electron chi connectivity index (χ4n) is 2.77. The van der Waals surface area contributed by atoms with Crippen molar-refractivity contribution in [3.8, 4) is 10.6 Å². The fraction of sp³-hybridized carbons (Fsp3) is 0.556. The highest BCUT2D eigenvalue weighted by Crippen LogP contribution is 2.32. The Hall–Kier alpha value is -1.30. The van der Waals surface area contributed by atoms with Crippen LogP contribution in [0.5, 0.6) is 0 Å². The van der Waals surface area contributed by atoms with Gasteiger partial charge >= 0.3 is 0 Å². The average molecular weight is 334 g/mol. The first kappa shape index (κ1) is 18.0. The van der Waals surface area contributed by atoms with E-state index in [4.69, 9.17) is 0 Å². The molecule has 0 saturated carbocycles. The highest BCUT2D eigenvalue weighted by atomic mass is 32.1. The first-order valence-corrected chi connectivity index (χ1v) is 8.86. The molecule has 23 heavy (non-hydrogen) atoms. The van der Waals surface area contributed by atoms with E-state index in [0.717, 1.165) is 22.7 Å². The van der Waals surface area contributed by atoms with E-state index in [2.05, 4.69) is 43.0 Å². The molecular formula is C18H27N3OS. The maximum Gasteiger partial charge on any atom is 0.125 e. The van der Waals surface area contributed by atoms with Gasteiger partial charge in [0.05, 0.1) is 12.3 Å². The molecule has 0 aliphatic carbocycles. The maximum atomic E-state index is 9.65. The van der Waals surface area contributed by atoms with E-state index < -0.39 is 0 Å². The summed E-state index contributed by atoms with van der Waals surface area (Å²) < 4.78 is 0. The summed E-state index contributed by atoms with van der Waals surface area (Å²) >= 11 is 1.70. The minimum absolute atomic E-state index is 0.0911. The number of nitrogens with zero attached hydrogens (tertiary/aromatic N) is 2. The van der Waals surface area contributed by atoms with Gasteiger partial charge in [0.1, 0.15) is 5.01 Å². The highest BCUT2D eigenvalue weighted by molar-refractivity contribution is 7.15. The van der Waals surface area contributed by atoms with Crippen LogP contribution < -0.4 is 5.32 Å². The van der Waals surface area contributed by atoms with Gasteiger partial charge in [-0.3, -0.25) is 4.98 Å². The third kappa shape index (κ3) is 5.09. The second-order valence-electron chi connectivity index (χ2n) is 7.24. The molecule has 2 aromatic heterocycles. The number of rotatable bonds is 6. The summed E-state index contributed by atoms with van der Waals surface area (Å²) in [6.07, 6.45) is 4.55. The molecule has 0 aromatic carbocycles. The molecule has 2 atom stereocenters. The van der Waals surface area contributed by atoms with Gasteiger partial charge < -0.3 is 10.4 Å². The van der Waals surface area contributed by atoms with Crippen LogP contribution in [0.3, 0.4) is 0 Å². The van der Waals surface area contributed by atoms with Gasteiger partial charge in [-0.05, 0) is 37.8 Å². The van der Waals surface area contributed by atoms with Gasteiger partial charge in [0.2, 0.25) is 0 Å². The first-order chi connectivity index (χ1) is 10.8. The predicted octanol–water partition coefficient (Wildman–Crippen LogP) is 3.96. The summed E-state index contributed by atoms with van der Waals surface area (Å²) in [6.45, 7) is 10.9. The van der Waals surface area contributed by atoms with Crippen LogP contribution in [-0.4, -0.2) is 27.7 Å². The van der Waals surface area contributed by atoms with E-state index in [1.807, 2.05) is 25.3 Å². The van der Waals surface area contributed by atoms with Gasteiger partial charge in [-0.2, -0.15) is 0 Å². The molecule has 2 unspecified atom stereocenters. The minimum Gasteiger partial charge on any atom is -0.395 e. The summed E-state index contributed by atoms with van der Waals surface area (Å²) in [5.74, 6) is 0. The summed E-state index contributed by atoms with van der Waals surface area (Å²) in [5.41, 5.74) is 2.28. The Labute approximate surface area is 143 Å². The van der Waals surface area contributed by atoms with Gasteiger partial charge in [0, 0.05) is 34.9 Å². The zero-order valence-electron chi connectivity index (χ0n) is 14.6. The smallest absolute Gasteiger partial charge is 0.125 e. The van der Waals surface area contributed by atoms with Gasteiger partial charge in [0.15, 0.2) is 0 Å². The summed E-state index contributed by atoms with van der Waals surface area (Å²) in [7, 11) is 0. The SMILES string of the molecule is Cc1nc(-c2cccnc2)sc1C(C)NC(CO)CC(C)(C)C. The molecule has 2 N–H and O–H groups in total. The van der Waals surface area contributed by atoms with Crippen molar-refractivity contribution in [1.82, 2.24) is 15.3 Å². The Morgan fingerprint density at radius 2 is 2.09 bits per heavy atom. The lowest BCUT2D eigenvalue weighted by atomic mass is 9.88. The Bertz CT molecular complexity index is 619. The first-order valence-electron chi connectivity index (χ1n) is 8.05. The van der Waals surface area contributed by atoms with E-state index in [9.17, 15) is 5.11 Å². The number of thiazole rings is 1. The highest BCUT2D eigenvalue weighted by Gasteiger charge is 2.22. The van der Waals surface area contributed by atoms with Crippen LogP contribution in [0.15, 0.2) is 24.5 Å². The molecule has 2 rings (SSSR count). The minimum atomic E-state index is 0.0911. The molecule has 0 bridgehead atoms. The Morgan fingerprint density at radius 3 is 2.65 bits per heavy atom. The van der Waals surface area contributed by atoms with Gasteiger partial charge in [-0.15, -0.1) is 11.3 Å². The molecule has 2 aromatic rings.